The van der Waals surface area contributed by atoms with Gasteiger partial charge in [-0.15, -0.1) is 0 Å². The SMILES string of the molecule is Cc1cc(C)nc(CCc2nc3c4ccccc4ccn3c2N2CCCC2)n1. The fourth-order valence-electron chi connectivity index (χ4n) is 4.38. The van der Waals surface area contributed by atoms with Gasteiger partial charge in [-0.2, -0.15) is 0 Å². The van der Waals surface area contributed by atoms with Gasteiger partial charge in [0.25, 0.3) is 0 Å². The molecule has 5 heteroatoms. The Kier molecular flexibility index (Phi) is 4.23. The van der Waals surface area contributed by atoms with Gasteiger partial charge in [0.05, 0.1) is 5.69 Å². The van der Waals surface area contributed by atoms with E-state index in [1.54, 1.807) is 0 Å². The van der Waals surface area contributed by atoms with Crippen molar-refractivity contribution in [2.75, 3.05) is 18.0 Å². The van der Waals surface area contributed by atoms with Crippen molar-refractivity contribution in [3.63, 3.8) is 0 Å². The van der Waals surface area contributed by atoms with E-state index < -0.39 is 0 Å². The fourth-order valence-corrected chi connectivity index (χ4v) is 4.38. The van der Waals surface area contributed by atoms with E-state index in [2.05, 4.69) is 55.8 Å². The van der Waals surface area contributed by atoms with Crippen molar-refractivity contribution < 1.29 is 0 Å². The summed E-state index contributed by atoms with van der Waals surface area (Å²) in [5, 5.41) is 2.44. The Bertz CT molecular complexity index is 1130. The van der Waals surface area contributed by atoms with Crippen LogP contribution in [0.4, 0.5) is 5.82 Å². The number of nitrogens with zero attached hydrogens (tertiary/aromatic N) is 5. The number of anilines is 1. The number of imidazole rings is 1. The van der Waals surface area contributed by atoms with Crippen LogP contribution in [0.5, 0.6) is 0 Å². The summed E-state index contributed by atoms with van der Waals surface area (Å²) < 4.78 is 2.28. The molecule has 3 aromatic heterocycles. The number of fused-ring (bicyclic) bond motifs is 3. The highest BCUT2D eigenvalue weighted by Gasteiger charge is 2.22. The maximum atomic E-state index is 5.11. The second kappa shape index (κ2) is 6.89. The first kappa shape index (κ1) is 17.2. The predicted molar refractivity (Wildman–Crippen MR) is 113 cm³/mol. The minimum absolute atomic E-state index is 0.811. The molecule has 4 heterocycles. The Morgan fingerprint density at radius 3 is 2.43 bits per heavy atom. The van der Waals surface area contributed by atoms with Crippen LogP contribution in [-0.2, 0) is 12.8 Å². The molecule has 1 aliphatic rings. The maximum absolute atomic E-state index is 5.11. The molecule has 1 saturated heterocycles. The Balaban J connectivity index is 1.59. The standard InChI is InChI=1S/C23H25N5/c1-16-15-17(2)25-21(24-16)10-9-20-23(27-12-5-6-13-27)28-14-11-18-7-3-4-8-19(18)22(28)26-20/h3-4,7-8,11,14-15H,5-6,9-10,12-13H2,1-2H3. The molecule has 0 atom stereocenters. The molecule has 0 N–H and O–H groups in total. The van der Waals surface area contributed by atoms with E-state index >= 15 is 0 Å². The van der Waals surface area contributed by atoms with E-state index in [0.29, 0.717) is 0 Å². The van der Waals surface area contributed by atoms with E-state index in [0.717, 1.165) is 54.5 Å². The van der Waals surface area contributed by atoms with Gasteiger partial charge in [0.15, 0.2) is 0 Å². The van der Waals surface area contributed by atoms with E-state index in [4.69, 9.17) is 4.98 Å². The third-order valence-corrected chi connectivity index (χ3v) is 5.58. The van der Waals surface area contributed by atoms with Gasteiger partial charge in [0.1, 0.15) is 17.3 Å². The predicted octanol–water partition coefficient (Wildman–Crippen LogP) is 4.28. The molecule has 142 valence electrons. The number of hydrogen-bond donors (Lipinski definition) is 0. The van der Waals surface area contributed by atoms with Crippen LogP contribution in [-0.4, -0.2) is 32.4 Å². The molecule has 0 unspecified atom stereocenters. The Hall–Kier alpha value is -2.95. The molecule has 1 fully saturated rings. The van der Waals surface area contributed by atoms with E-state index in [1.807, 2.05) is 19.9 Å². The van der Waals surface area contributed by atoms with Crippen LogP contribution < -0.4 is 4.90 Å². The molecule has 28 heavy (non-hydrogen) atoms. The highest BCUT2D eigenvalue weighted by molar-refractivity contribution is 5.94. The zero-order chi connectivity index (χ0) is 19.1. The van der Waals surface area contributed by atoms with E-state index in [-0.39, 0.29) is 0 Å². The average molecular weight is 371 g/mol. The second-order valence-electron chi connectivity index (χ2n) is 7.74. The molecular weight excluding hydrogens is 346 g/mol. The molecule has 4 aromatic rings. The van der Waals surface area contributed by atoms with Crippen LogP contribution in [0, 0.1) is 13.8 Å². The quantitative estimate of drug-likeness (QED) is 0.537. The van der Waals surface area contributed by atoms with Crippen molar-refractivity contribution in [3.05, 3.63) is 65.5 Å². The molecule has 5 nitrogen and oxygen atoms in total. The molecule has 0 radical (unpaired) electrons. The van der Waals surface area contributed by atoms with Crippen LogP contribution in [0.25, 0.3) is 16.4 Å². The number of rotatable bonds is 4. The number of aryl methyl sites for hydroxylation is 4. The van der Waals surface area contributed by atoms with Gasteiger partial charge in [-0.3, -0.25) is 4.40 Å². The van der Waals surface area contributed by atoms with Gasteiger partial charge >= 0.3 is 0 Å². The number of hydrogen-bond acceptors (Lipinski definition) is 4. The zero-order valence-electron chi connectivity index (χ0n) is 16.5. The monoisotopic (exact) mass is 371 g/mol. The summed E-state index contributed by atoms with van der Waals surface area (Å²) in [6.07, 6.45) is 6.34. The van der Waals surface area contributed by atoms with Crippen molar-refractivity contribution >= 4 is 22.2 Å². The lowest BCUT2D eigenvalue weighted by atomic mass is 10.2. The normalized spacial score (nSPS) is 14.4. The molecule has 1 aliphatic heterocycles. The molecule has 1 aromatic carbocycles. The van der Waals surface area contributed by atoms with Crippen LogP contribution in [0.15, 0.2) is 42.6 Å². The summed E-state index contributed by atoms with van der Waals surface area (Å²) in [6, 6.07) is 12.7. The molecule has 0 spiro atoms. The lowest BCUT2D eigenvalue weighted by Gasteiger charge is -2.19. The van der Waals surface area contributed by atoms with Gasteiger partial charge in [-0.05, 0) is 44.2 Å². The van der Waals surface area contributed by atoms with Crippen molar-refractivity contribution in [2.24, 2.45) is 0 Å². The van der Waals surface area contributed by atoms with Crippen molar-refractivity contribution in [1.82, 2.24) is 19.4 Å². The van der Waals surface area contributed by atoms with Gasteiger partial charge in [-0.25, -0.2) is 15.0 Å². The zero-order valence-corrected chi connectivity index (χ0v) is 16.5. The second-order valence-corrected chi connectivity index (χ2v) is 7.74. The number of benzene rings is 1. The third-order valence-electron chi connectivity index (χ3n) is 5.58. The summed E-state index contributed by atoms with van der Waals surface area (Å²) in [7, 11) is 0. The first-order valence-electron chi connectivity index (χ1n) is 10.1. The van der Waals surface area contributed by atoms with Gasteiger partial charge in [0, 0.05) is 48.9 Å². The fraction of sp³-hybridized carbons (Fsp3) is 0.348. The Morgan fingerprint density at radius 1 is 0.893 bits per heavy atom. The smallest absolute Gasteiger partial charge is 0.146 e. The Morgan fingerprint density at radius 2 is 1.64 bits per heavy atom. The molecule has 0 saturated carbocycles. The summed E-state index contributed by atoms with van der Waals surface area (Å²) in [5.41, 5.74) is 4.27. The third kappa shape index (κ3) is 3.01. The minimum Gasteiger partial charge on any atom is -0.356 e. The first-order valence-corrected chi connectivity index (χ1v) is 10.1. The number of aromatic nitrogens is 4. The van der Waals surface area contributed by atoms with Crippen LogP contribution >= 0.6 is 0 Å². The first-order chi connectivity index (χ1) is 13.7. The summed E-state index contributed by atoms with van der Waals surface area (Å²) in [6.45, 7) is 6.27. The van der Waals surface area contributed by atoms with E-state index in [1.165, 1.54) is 29.4 Å². The average Bonchev–Trinajstić information content (AvgIpc) is 3.32. The van der Waals surface area contributed by atoms with Gasteiger partial charge in [-0.1, -0.05) is 24.3 Å². The molecule has 0 bridgehead atoms. The molecule has 5 rings (SSSR count). The largest absolute Gasteiger partial charge is 0.356 e. The molecular formula is C23H25N5. The highest BCUT2D eigenvalue weighted by atomic mass is 15.3. The van der Waals surface area contributed by atoms with Crippen LogP contribution in [0.2, 0.25) is 0 Å². The molecule has 0 aliphatic carbocycles. The lowest BCUT2D eigenvalue weighted by Crippen LogP contribution is -2.21. The summed E-state index contributed by atoms with van der Waals surface area (Å²) in [4.78, 5) is 16.8. The summed E-state index contributed by atoms with van der Waals surface area (Å²) in [5.74, 6) is 2.16. The van der Waals surface area contributed by atoms with E-state index in [9.17, 15) is 0 Å². The summed E-state index contributed by atoms with van der Waals surface area (Å²) >= 11 is 0. The van der Waals surface area contributed by atoms with Crippen LogP contribution in [0.1, 0.15) is 35.7 Å². The number of pyridine rings is 1. The van der Waals surface area contributed by atoms with Crippen molar-refractivity contribution in [2.45, 2.75) is 39.5 Å². The molecule has 0 amide bonds. The van der Waals surface area contributed by atoms with Crippen molar-refractivity contribution in [1.29, 1.82) is 0 Å². The van der Waals surface area contributed by atoms with Gasteiger partial charge < -0.3 is 4.90 Å². The van der Waals surface area contributed by atoms with Crippen molar-refractivity contribution in [3.8, 4) is 0 Å². The minimum atomic E-state index is 0.811. The van der Waals surface area contributed by atoms with Crippen LogP contribution in [0.3, 0.4) is 0 Å². The highest BCUT2D eigenvalue weighted by Crippen LogP contribution is 2.30. The topological polar surface area (TPSA) is 46.3 Å². The van der Waals surface area contributed by atoms with Gasteiger partial charge in [0.2, 0.25) is 0 Å². The maximum Gasteiger partial charge on any atom is 0.146 e. The lowest BCUT2D eigenvalue weighted by molar-refractivity contribution is 0.812. The Labute approximate surface area is 165 Å².